The molecule has 0 fully saturated rings. The highest BCUT2D eigenvalue weighted by atomic mass is 16.5. The fraction of sp³-hybridized carbons (Fsp3) is 0.100. The molecule has 0 heterocycles. The van der Waals surface area contributed by atoms with Crippen LogP contribution >= 0.6 is 0 Å². The van der Waals surface area contributed by atoms with Crippen LogP contribution in [0, 0.1) is 0 Å². The summed E-state index contributed by atoms with van der Waals surface area (Å²) in [5, 5.41) is 0. The van der Waals surface area contributed by atoms with Crippen LogP contribution in [-0.4, -0.2) is 7.85 Å². The van der Waals surface area contributed by atoms with Gasteiger partial charge in [0.25, 0.3) is 0 Å². The van der Waals surface area contributed by atoms with E-state index in [1.54, 1.807) is 0 Å². The molecule has 0 aliphatic carbocycles. The second-order valence-corrected chi connectivity index (χ2v) is 5.50. The standard InChI is InChI=1S/C20H19BO2/c21-18-11-12-19(22-14-16-7-3-1-4-8-16)20(13-18)23-15-17-9-5-2-6-10-17/h1-13H,14-15,21H2. The van der Waals surface area contributed by atoms with Gasteiger partial charge in [-0.3, -0.25) is 0 Å². The van der Waals surface area contributed by atoms with Crippen LogP contribution in [0.4, 0.5) is 0 Å². The van der Waals surface area contributed by atoms with Crippen LogP contribution in [0.2, 0.25) is 0 Å². The van der Waals surface area contributed by atoms with Crippen LogP contribution in [-0.2, 0) is 13.2 Å². The Labute approximate surface area is 138 Å². The van der Waals surface area contributed by atoms with Crippen LogP contribution in [0.1, 0.15) is 11.1 Å². The van der Waals surface area contributed by atoms with Gasteiger partial charge in [0.05, 0.1) is 0 Å². The molecule has 0 N–H and O–H groups in total. The van der Waals surface area contributed by atoms with E-state index < -0.39 is 0 Å². The summed E-state index contributed by atoms with van der Waals surface area (Å²) in [6.07, 6.45) is 0. The highest BCUT2D eigenvalue weighted by molar-refractivity contribution is 6.32. The maximum absolute atomic E-state index is 5.97. The molecule has 0 spiro atoms. The molecule has 3 rings (SSSR count). The monoisotopic (exact) mass is 302 g/mol. The SMILES string of the molecule is Bc1ccc(OCc2ccccc2)c(OCc2ccccc2)c1. The van der Waals surface area contributed by atoms with Gasteiger partial charge in [-0.05, 0) is 23.3 Å². The first-order valence-corrected chi connectivity index (χ1v) is 7.75. The van der Waals surface area contributed by atoms with Crippen molar-refractivity contribution in [1.29, 1.82) is 0 Å². The quantitative estimate of drug-likeness (QED) is 0.651. The molecule has 0 saturated heterocycles. The Bertz CT molecular complexity index is 742. The molecular weight excluding hydrogens is 283 g/mol. The molecule has 114 valence electrons. The number of hydrogen-bond acceptors (Lipinski definition) is 2. The molecule has 0 atom stereocenters. The summed E-state index contributed by atoms with van der Waals surface area (Å²) in [6.45, 7) is 1.07. The van der Waals surface area contributed by atoms with E-state index in [1.807, 2.05) is 54.6 Å². The lowest BCUT2D eigenvalue weighted by molar-refractivity contribution is 0.256. The van der Waals surface area contributed by atoms with Gasteiger partial charge < -0.3 is 9.47 Å². The average Bonchev–Trinajstić information content (AvgIpc) is 2.61. The predicted octanol–water partition coefficient (Wildman–Crippen LogP) is 3.10. The minimum absolute atomic E-state index is 0.533. The summed E-state index contributed by atoms with van der Waals surface area (Å²) in [7, 11) is 2.05. The minimum atomic E-state index is 0.533. The third-order valence-electron chi connectivity index (χ3n) is 3.57. The van der Waals surface area contributed by atoms with E-state index in [4.69, 9.17) is 9.47 Å². The molecule has 0 amide bonds. The lowest BCUT2D eigenvalue weighted by Gasteiger charge is -2.14. The summed E-state index contributed by atoms with van der Waals surface area (Å²) in [5.74, 6) is 1.56. The molecule has 0 aliphatic rings. The molecule has 23 heavy (non-hydrogen) atoms. The smallest absolute Gasteiger partial charge is 0.161 e. The number of benzene rings is 3. The second-order valence-electron chi connectivity index (χ2n) is 5.50. The van der Waals surface area contributed by atoms with Crippen LogP contribution < -0.4 is 14.9 Å². The number of ether oxygens (including phenoxy) is 2. The van der Waals surface area contributed by atoms with Crippen molar-refractivity contribution in [2.24, 2.45) is 0 Å². The molecule has 0 bridgehead atoms. The van der Waals surface area contributed by atoms with Gasteiger partial charge >= 0.3 is 0 Å². The van der Waals surface area contributed by atoms with Crippen LogP contribution in [0.5, 0.6) is 11.5 Å². The van der Waals surface area contributed by atoms with Gasteiger partial charge in [-0.2, -0.15) is 0 Å². The fourth-order valence-electron chi connectivity index (χ4n) is 2.32. The maximum Gasteiger partial charge on any atom is 0.161 e. The van der Waals surface area contributed by atoms with E-state index in [0.29, 0.717) is 13.2 Å². The third-order valence-corrected chi connectivity index (χ3v) is 3.57. The van der Waals surface area contributed by atoms with Gasteiger partial charge in [0.2, 0.25) is 0 Å². The number of rotatable bonds is 6. The van der Waals surface area contributed by atoms with Crippen LogP contribution in [0.15, 0.2) is 78.9 Å². The molecule has 2 nitrogen and oxygen atoms in total. The molecule has 3 aromatic carbocycles. The van der Waals surface area contributed by atoms with E-state index in [2.05, 4.69) is 32.1 Å². The highest BCUT2D eigenvalue weighted by Crippen LogP contribution is 2.27. The van der Waals surface area contributed by atoms with Crippen LogP contribution in [0.25, 0.3) is 0 Å². The largest absolute Gasteiger partial charge is 0.485 e. The van der Waals surface area contributed by atoms with Crippen molar-refractivity contribution >= 4 is 13.3 Å². The van der Waals surface area contributed by atoms with Gasteiger partial charge in [-0.1, -0.05) is 72.2 Å². The van der Waals surface area contributed by atoms with Crippen molar-refractivity contribution in [3.05, 3.63) is 90.0 Å². The Morgan fingerprint density at radius 1 is 0.609 bits per heavy atom. The molecule has 3 heteroatoms. The molecule has 3 aromatic rings. The summed E-state index contributed by atoms with van der Waals surface area (Å²) in [4.78, 5) is 0. The van der Waals surface area contributed by atoms with E-state index in [1.165, 1.54) is 0 Å². The zero-order valence-corrected chi connectivity index (χ0v) is 13.2. The molecule has 0 aliphatic heterocycles. The Morgan fingerprint density at radius 2 is 1.13 bits per heavy atom. The highest BCUT2D eigenvalue weighted by Gasteiger charge is 2.06. The summed E-state index contributed by atoms with van der Waals surface area (Å²) < 4.78 is 11.9. The lowest BCUT2D eigenvalue weighted by atomic mass is 9.96. The van der Waals surface area contributed by atoms with Gasteiger partial charge in [0.1, 0.15) is 21.1 Å². The van der Waals surface area contributed by atoms with E-state index in [0.717, 1.165) is 28.1 Å². The zero-order valence-electron chi connectivity index (χ0n) is 13.2. The van der Waals surface area contributed by atoms with Crippen molar-refractivity contribution in [3.63, 3.8) is 0 Å². The maximum atomic E-state index is 5.97. The summed E-state index contributed by atoms with van der Waals surface area (Å²) in [6, 6.07) is 26.3. The molecule has 0 saturated carbocycles. The van der Waals surface area contributed by atoms with Crippen LogP contribution in [0.3, 0.4) is 0 Å². The van der Waals surface area contributed by atoms with Crippen molar-refractivity contribution < 1.29 is 9.47 Å². The van der Waals surface area contributed by atoms with Gasteiger partial charge in [0.15, 0.2) is 11.5 Å². The Morgan fingerprint density at radius 3 is 1.70 bits per heavy atom. The van der Waals surface area contributed by atoms with E-state index in [-0.39, 0.29) is 0 Å². The van der Waals surface area contributed by atoms with Gasteiger partial charge in [0, 0.05) is 0 Å². The Balaban J connectivity index is 1.70. The van der Waals surface area contributed by atoms with Crippen molar-refractivity contribution in [3.8, 4) is 11.5 Å². The third kappa shape index (κ3) is 4.40. The molecule has 0 aromatic heterocycles. The summed E-state index contributed by atoms with van der Waals surface area (Å²) in [5.41, 5.74) is 3.44. The van der Waals surface area contributed by atoms with Gasteiger partial charge in [-0.25, -0.2) is 0 Å². The summed E-state index contributed by atoms with van der Waals surface area (Å²) >= 11 is 0. The fourth-order valence-corrected chi connectivity index (χ4v) is 2.32. The normalized spacial score (nSPS) is 10.3. The Hall–Kier alpha value is -2.68. The van der Waals surface area contributed by atoms with Crippen molar-refractivity contribution in [1.82, 2.24) is 0 Å². The zero-order chi connectivity index (χ0) is 15.9. The lowest BCUT2D eigenvalue weighted by Crippen LogP contribution is -2.06. The van der Waals surface area contributed by atoms with E-state index in [9.17, 15) is 0 Å². The minimum Gasteiger partial charge on any atom is -0.485 e. The number of hydrogen-bond donors (Lipinski definition) is 0. The Kier molecular flexibility index (Phi) is 5.00. The van der Waals surface area contributed by atoms with Crippen molar-refractivity contribution in [2.75, 3.05) is 0 Å². The first kappa shape index (κ1) is 15.2. The molecule has 0 radical (unpaired) electrons. The topological polar surface area (TPSA) is 18.5 Å². The first-order chi connectivity index (χ1) is 11.3. The average molecular weight is 302 g/mol. The van der Waals surface area contributed by atoms with Gasteiger partial charge in [-0.15, -0.1) is 0 Å². The van der Waals surface area contributed by atoms with Crippen molar-refractivity contribution in [2.45, 2.75) is 13.2 Å². The van der Waals surface area contributed by atoms with E-state index >= 15 is 0 Å². The predicted molar refractivity (Wildman–Crippen MR) is 96.2 cm³/mol. The second kappa shape index (κ2) is 7.55. The molecule has 0 unspecified atom stereocenters. The molecular formula is C20H19BO2. The first-order valence-electron chi connectivity index (χ1n) is 7.75.